The molecule has 2 aliphatic carbocycles. The van der Waals surface area contributed by atoms with E-state index < -0.39 is 5.41 Å². The summed E-state index contributed by atoms with van der Waals surface area (Å²) in [5.41, 5.74) is 3.00. The highest BCUT2D eigenvalue weighted by atomic mass is 16.5. The molecule has 1 aromatic heterocycles. The maximum Gasteiger partial charge on any atom is 0.213 e. The second-order valence-electron chi connectivity index (χ2n) is 5.63. The standard InChI is InChI=1S/C16H19NO2/c1-4-16-9-10(2)7-11(15(16)18)8-13-12(16)5-6-14(17-13)19-3/h5-6,9,11H,4,7-8H2,1-3H3/t11-,16+/m0/s1. The van der Waals surface area contributed by atoms with E-state index in [-0.39, 0.29) is 5.92 Å². The number of carbonyl (C=O) groups is 1. The van der Waals surface area contributed by atoms with Crippen LogP contribution in [0, 0.1) is 5.92 Å². The molecule has 1 aromatic rings. The Balaban J connectivity index is 2.23. The predicted molar refractivity (Wildman–Crippen MR) is 73.3 cm³/mol. The van der Waals surface area contributed by atoms with Crippen molar-refractivity contribution in [1.82, 2.24) is 4.98 Å². The topological polar surface area (TPSA) is 39.2 Å². The summed E-state index contributed by atoms with van der Waals surface area (Å²) in [6.45, 7) is 4.22. The van der Waals surface area contributed by atoms with Gasteiger partial charge in [-0.15, -0.1) is 0 Å². The van der Waals surface area contributed by atoms with Crippen molar-refractivity contribution in [2.45, 2.75) is 38.5 Å². The van der Waals surface area contributed by atoms with Gasteiger partial charge in [0.2, 0.25) is 5.88 Å². The van der Waals surface area contributed by atoms with Crippen LogP contribution in [0.2, 0.25) is 0 Å². The molecule has 0 spiro atoms. The average molecular weight is 257 g/mol. The molecular formula is C16H19NO2. The molecular weight excluding hydrogens is 238 g/mol. The number of methoxy groups -OCH3 is 1. The largest absolute Gasteiger partial charge is 0.481 e. The number of ketones is 1. The van der Waals surface area contributed by atoms with Crippen LogP contribution in [-0.4, -0.2) is 17.9 Å². The summed E-state index contributed by atoms with van der Waals surface area (Å²) in [5, 5.41) is 0. The van der Waals surface area contributed by atoms with Gasteiger partial charge in [0.15, 0.2) is 5.78 Å². The molecule has 0 saturated carbocycles. The highest BCUT2D eigenvalue weighted by molar-refractivity contribution is 5.97. The molecule has 19 heavy (non-hydrogen) atoms. The van der Waals surface area contributed by atoms with Gasteiger partial charge in [-0.2, -0.15) is 0 Å². The van der Waals surface area contributed by atoms with Crippen LogP contribution in [0.3, 0.4) is 0 Å². The quantitative estimate of drug-likeness (QED) is 0.765. The van der Waals surface area contributed by atoms with Crippen molar-refractivity contribution in [2.24, 2.45) is 5.92 Å². The molecule has 3 heteroatoms. The Labute approximate surface area is 113 Å². The molecule has 3 rings (SSSR count). The molecule has 0 N–H and O–H groups in total. The number of hydrogen-bond donors (Lipinski definition) is 0. The zero-order valence-electron chi connectivity index (χ0n) is 11.7. The second-order valence-corrected chi connectivity index (χ2v) is 5.63. The molecule has 0 radical (unpaired) electrons. The van der Waals surface area contributed by atoms with Crippen LogP contribution in [0.1, 0.15) is 37.9 Å². The van der Waals surface area contributed by atoms with Crippen molar-refractivity contribution in [1.29, 1.82) is 0 Å². The second kappa shape index (κ2) is 4.19. The van der Waals surface area contributed by atoms with E-state index in [9.17, 15) is 4.79 Å². The zero-order valence-corrected chi connectivity index (χ0v) is 11.7. The number of Topliss-reactive ketones (excluding diaryl/α,β-unsaturated/α-hetero) is 1. The minimum Gasteiger partial charge on any atom is -0.481 e. The van der Waals surface area contributed by atoms with Crippen molar-refractivity contribution in [3.8, 4) is 5.88 Å². The number of aromatic nitrogens is 1. The normalized spacial score (nSPS) is 28.7. The van der Waals surface area contributed by atoms with Gasteiger partial charge in [0.1, 0.15) is 0 Å². The first kappa shape index (κ1) is 12.4. The summed E-state index contributed by atoms with van der Waals surface area (Å²) in [4.78, 5) is 17.3. The number of nitrogens with zero attached hydrogens (tertiary/aromatic N) is 1. The Kier molecular flexibility index (Phi) is 2.73. The Bertz CT molecular complexity index is 576. The summed E-state index contributed by atoms with van der Waals surface area (Å²) in [5.74, 6) is 1.11. The Morgan fingerprint density at radius 3 is 2.89 bits per heavy atom. The smallest absolute Gasteiger partial charge is 0.213 e. The van der Waals surface area contributed by atoms with Gasteiger partial charge < -0.3 is 4.74 Å². The predicted octanol–water partition coefficient (Wildman–Crippen LogP) is 2.83. The molecule has 2 atom stereocenters. The summed E-state index contributed by atoms with van der Waals surface area (Å²) in [6.07, 6.45) is 4.59. The number of ether oxygens (including phenoxy) is 1. The van der Waals surface area contributed by atoms with Crippen LogP contribution in [0.5, 0.6) is 5.88 Å². The van der Waals surface area contributed by atoms with E-state index in [0.29, 0.717) is 11.7 Å². The minimum absolute atomic E-state index is 0.0945. The van der Waals surface area contributed by atoms with E-state index in [1.807, 2.05) is 12.1 Å². The van der Waals surface area contributed by atoms with Crippen LogP contribution in [-0.2, 0) is 16.6 Å². The van der Waals surface area contributed by atoms with E-state index >= 15 is 0 Å². The SMILES string of the molecule is CC[C@@]12C=C(C)C[C@@H](Cc3nc(OC)ccc31)C2=O. The first-order chi connectivity index (χ1) is 9.10. The average Bonchev–Trinajstić information content (AvgIpc) is 2.41. The number of pyridine rings is 1. The Morgan fingerprint density at radius 2 is 2.21 bits per heavy atom. The van der Waals surface area contributed by atoms with Gasteiger partial charge in [0.05, 0.1) is 12.5 Å². The first-order valence-electron chi connectivity index (χ1n) is 6.87. The van der Waals surface area contributed by atoms with Crippen molar-refractivity contribution >= 4 is 5.78 Å². The van der Waals surface area contributed by atoms with Gasteiger partial charge in [-0.3, -0.25) is 4.79 Å². The fourth-order valence-corrected chi connectivity index (χ4v) is 3.63. The lowest BCUT2D eigenvalue weighted by molar-refractivity contribution is -0.128. The van der Waals surface area contributed by atoms with Gasteiger partial charge in [-0.25, -0.2) is 4.98 Å². The fourth-order valence-electron chi connectivity index (χ4n) is 3.63. The summed E-state index contributed by atoms with van der Waals surface area (Å²) in [7, 11) is 1.63. The number of hydrogen-bond acceptors (Lipinski definition) is 3. The highest BCUT2D eigenvalue weighted by Gasteiger charge is 2.48. The van der Waals surface area contributed by atoms with Crippen LogP contribution >= 0.6 is 0 Å². The van der Waals surface area contributed by atoms with Crippen molar-refractivity contribution in [3.05, 3.63) is 35.0 Å². The van der Waals surface area contributed by atoms with E-state index in [1.165, 1.54) is 5.57 Å². The third kappa shape index (κ3) is 1.64. The van der Waals surface area contributed by atoms with Crippen molar-refractivity contribution in [2.75, 3.05) is 7.11 Å². The highest BCUT2D eigenvalue weighted by Crippen LogP contribution is 2.46. The number of rotatable bonds is 2. The molecule has 2 bridgehead atoms. The molecule has 0 saturated heterocycles. The molecule has 0 fully saturated rings. The number of fused-ring (bicyclic) bond motifs is 4. The maximum absolute atomic E-state index is 12.7. The van der Waals surface area contributed by atoms with E-state index in [4.69, 9.17) is 4.74 Å². The Morgan fingerprint density at radius 1 is 1.42 bits per heavy atom. The molecule has 100 valence electrons. The van der Waals surface area contributed by atoms with E-state index in [1.54, 1.807) is 7.11 Å². The fraction of sp³-hybridized carbons (Fsp3) is 0.500. The number of allylic oxidation sites excluding steroid dienone is 2. The van der Waals surface area contributed by atoms with E-state index in [0.717, 1.165) is 30.5 Å². The van der Waals surface area contributed by atoms with Gasteiger partial charge in [-0.1, -0.05) is 24.6 Å². The zero-order chi connectivity index (χ0) is 13.6. The molecule has 0 amide bonds. The lowest BCUT2D eigenvalue weighted by Crippen LogP contribution is -2.46. The summed E-state index contributed by atoms with van der Waals surface area (Å²) in [6, 6.07) is 3.88. The third-order valence-electron chi connectivity index (χ3n) is 4.51. The number of carbonyl (C=O) groups excluding carboxylic acids is 1. The summed E-state index contributed by atoms with van der Waals surface area (Å²) >= 11 is 0. The molecule has 3 nitrogen and oxygen atoms in total. The van der Waals surface area contributed by atoms with Gasteiger partial charge in [-0.05, 0) is 25.3 Å². The molecule has 0 aliphatic heterocycles. The molecule has 0 aromatic carbocycles. The molecule has 1 heterocycles. The maximum atomic E-state index is 12.7. The third-order valence-corrected chi connectivity index (χ3v) is 4.51. The van der Waals surface area contributed by atoms with Gasteiger partial charge >= 0.3 is 0 Å². The Hall–Kier alpha value is -1.64. The molecule has 2 aliphatic rings. The van der Waals surface area contributed by atoms with Crippen molar-refractivity contribution < 1.29 is 9.53 Å². The van der Waals surface area contributed by atoms with Gasteiger partial charge in [0, 0.05) is 24.1 Å². The van der Waals surface area contributed by atoms with Crippen LogP contribution in [0.25, 0.3) is 0 Å². The van der Waals surface area contributed by atoms with Crippen LogP contribution < -0.4 is 4.74 Å². The lowest BCUT2D eigenvalue weighted by Gasteiger charge is -2.42. The monoisotopic (exact) mass is 257 g/mol. The summed E-state index contributed by atoms with van der Waals surface area (Å²) < 4.78 is 5.21. The van der Waals surface area contributed by atoms with E-state index in [2.05, 4.69) is 24.9 Å². The minimum atomic E-state index is -0.445. The molecule has 0 unspecified atom stereocenters. The van der Waals surface area contributed by atoms with Crippen LogP contribution in [0.15, 0.2) is 23.8 Å². The van der Waals surface area contributed by atoms with Gasteiger partial charge in [0.25, 0.3) is 0 Å². The first-order valence-corrected chi connectivity index (χ1v) is 6.87. The van der Waals surface area contributed by atoms with Crippen LogP contribution in [0.4, 0.5) is 0 Å². The van der Waals surface area contributed by atoms with Crippen molar-refractivity contribution in [3.63, 3.8) is 0 Å². The lowest BCUT2D eigenvalue weighted by atomic mass is 9.60.